The number of imide groups is 1. The van der Waals surface area contributed by atoms with Crippen molar-refractivity contribution in [3.63, 3.8) is 0 Å². The minimum Gasteiger partial charge on any atom is -0.449 e. The number of likely N-dealkylation sites (N-methyl/N-ethyl adjacent to an activating group) is 1. The highest BCUT2D eigenvalue weighted by Crippen LogP contribution is 2.18. The Morgan fingerprint density at radius 2 is 1.19 bits per heavy atom. The van der Waals surface area contributed by atoms with Gasteiger partial charge < -0.3 is 20.1 Å². The molecule has 1 fully saturated rings. The maximum atomic E-state index is 12.7. The summed E-state index contributed by atoms with van der Waals surface area (Å²) in [4.78, 5) is 39.3. The van der Waals surface area contributed by atoms with E-state index in [1.807, 2.05) is 13.8 Å². The molecule has 1 aliphatic rings. The van der Waals surface area contributed by atoms with Crippen molar-refractivity contribution in [2.45, 2.75) is 156 Å². The van der Waals surface area contributed by atoms with Gasteiger partial charge in [-0.25, -0.2) is 9.59 Å². The van der Waals surface area contributed by atoms with Gasteiger partial charge >= 0.3 is 12.2 Å². The van der Waals surface area contributed by atoms with Gasteiger partial charge in [0, 0.05) is 18.0 Å². The Morgan fingerprint density at radius 3 is 1.67 bits per heavy atom. The van der Waals surface area contributed by atoms with Crippen molar-refractivity contribution in [2.75, 3.05) is 39.4 Å². The number of rotatable bonds is 25. The van der Waals surface area contributed by atoms with Crippen LogP contribution in [-0.2, 0) is 14.3 Å². The lowest BCUT2D eigenvalue weighted by atomic mass is 9.96. The first-order valence-electron chi connectivity index (χ1n) is 17.6. The van der Waals surface area contributed by atoms with Gasteiger partial charge in [0.2, 0.25) is 5.91 Å². The zero-order chi connectivity index (χ0) is 31.8. The van der Waals surface area contributed by atoms with Crippen molar-refractivity contribution in [1.82, 2.24) is 20.9 Å². The molecule has 0 spiro atoms. The average molecular weight is 611 g/mol. The van der Waals surface area contributed by atoms with E-state index >= 15 is 0 Å². The average Bonchev–Trinajstić information content (AvgIpc) is 3.47. The van der Waals surface area contributed by atoms with Gasteiger partial charge in [-0.05, 0) is 32.5 Å². The zero-order valence-corrected chi connectivity index (χ0v) is 28.4. The highest BCUT2D eigenvalue weighted by Gasteiger charge is 2.36. The number of hydrogen-bond donors (Lipinski definition) is 3. The van der Waals surface area contributed by atoms with Gasteiger partial charge in [0.15, 0.2) is 0 Å². The molecule has 9 nitrogen and oxygen atoms in total. The number of amides is 3. The van der Waals surface area contributed by atoms with Gasteiger partial charge in [-0.2, -0.15) is 0 Å². The van der Waals surface area contributed by atoms with E-state index in [-0.39, 0.29) is 25.2 Å². The second-order valence-electron chi connectivity index (χ2n) is 13.0. The summed E-state index contributed by atoms with van der Waals surface area (Å²) >= 11 is 0. The number of unbranched alkanes of at least 4 members (excludes halogenated alkanes) is 15. The number of ether oxygens (including phenoxy) is 2. The van der Waals surface area contributed by atoms with Crippen molar-refractivity contribution in [1.29, 1.82) is 0 Å². The summed E-state index contributed by atoms with van der Waals surface area (Å²) in [5.74, 6) is -0.373. The Hall–Kier alpha value is -1.87. The predicted octanol–water partition coefficient (Wildman–Crippen LogP) is 7.33. The van der Waals surface area contributed by atoms with E-state index in [0.29, 0.717) is 6.54 Å². The highest BCUT2D eigenvalue weighted by molar-refractivity contribution is 5.95. The highest BCUT2D eigenvalue weighted by atomic mass is 16.6. The van der Waals surface area contributed by atoms with Crippen LogP contribution in [0.4, 0.5) is 9.59 Å². The lowest BCUT2D eigenvalue weighted by Gasteiger charge is -2.30. The Balaban J connectivity index is 2.02. The lowest BCUT2D eigenvalue weighted by Crippen LogP contribution is -2.53. The van der Waals surface area contributed by atoms with Crippen LogP contribution in [-0.4, -0.2) is 74.5 Å². The van der Waals surface area contributed by atoms with Crippen molar-refractivity contribution in [2.24, 2.45) is 5.41 Å². The van der Waals surface area contributed by atoms with Crippen molar-refractivity contribution < 1.29 is 23.9 Å². The Kier molecular flexibility index (Phi) is 22.3. The Labute approximate surface area is 263 Å². The van der Waals surface area contributed by atoms with E-state index in [1.54, 1.807) is 0 Å². The van der Waals surface area contributed by atoms with Gasteiger partial charge in [-0.15, -0.1) is 0 Å². The summed E-state index contributed by atoms with van der Waals surface area (Å²) in [5, 5.41) is 8.36. The van der Waals surface area contributed by atoms with E-state index in [9.17, 15) is 14.4 Å². The molecule has 0 radical (unpaired) electrons. The smallest absolute Gasteiger partial charge is 0.413 e. The molecule has 3 amide bonds. The molecule has 0 aromatic carbocycles. The maximum absolute atomic E-state index is 12.7. The Morgan fingerprint density at radius 1 is 0.721 bits per heavy atom. The lowest BCUT2D eigenvalue weighted by molar-refractivity contribution is -0.123. The number of nitrogens with zero attached hydrogens (tertiary/aromatic N) is 1. The zero-order valence-electron chi connectivity index (χ0n) is 28.4. The maximum Gasteiger partial charge on any atom is 0.413 e. The molecule has 0 aromatic heterocycles. The van der Waals surface area contributed by atoms with E-state index in [1.165, 1.54) is 89.9 Å². The third-order valence-corrected chi connectivity index (χ3v) is 8.47. The molecule has 43 heavy (non-hydrogen) atoms. The molecule has 1 rings (SSSR count). The second-order valence-corrected chi connectivity index (χ2v) is 13.0. The van der Waals surface area contributed by atoms with Crippen LogP contribution in [0.15, 0.2) is 0 Å². The molecule has 1 unspecified atom stereocenters. The molecule has 252 valence electrons. The third kappa shape index (κ3) is 19.2. The van der Waals surface area contributed by atoms with Crippen molar-refractivity contribution >= 4 is 18.1 Å². The van der Waals surface area contributed by atoms with Crippen molar-refractivity contribution in [3.05, 3.63) is 0 Å². The fourth-order valence-electron chi connectivity index (χ4n) is 5.74. The molecule has 1 saturated heterocycles. The molecule has 0 aromatic rings. The summed E-state index contributed by atoms with van der Waals surface area (Å²) in [7, 11) is 0. The first-order chi connectivity index (χ1) is 20.7. The van der Waals surface area contributed by atoms with Crippen molar-refractivity contribution in [3.8, 4) is 0 Å². The van der Waals surface area contributed by atoms with Crippen LogP contribution in [0, 0.1) is 5.41 Å². The first-order valence-corrected chi connectivity index (χ1v) is 17.6. The van der Waals surface area contributed by atoms with Crippen LogP contribution in [0.5, 0.6) is 0 Å². The number of alkyl carbamates (subject to hydrolysis) is 2. The van der Waals surface area contributed by atoms with Crippen LogP contribution in [0.25, 0.3) is 0 Å². The minimum atomic E-state index is -0.780. The molecule has 1 aliphatic heterocycles. The molecule has 2 atom stereocenters. The largest absolute Gasteiger partial charge is 0.449 e. The molecule has 9 heteroatoms. The summed E-state index contributed by atoms with van der Waals surface area (Å²) in [6, 6.07) is -0.382. The van der Waals surface area contributed by atoms with E-state index in [0.717, 1.165) is 38.9 Å². The normalized spacial score (nSPS) is 16.8. The molecule has 3 N–H and O–H groups in total. The van der Waals surface area contributed by atoms with E-state index < -0.39 is 23.6 Å². The molecular weight excluding hydrogens is 544 g/mol. The molecular formula is C34H66N4O5. The van der Waals surface area contributed by atoms with Crippen LogP contribution in [0.2, 0.25) is 0 Å². The monoisotopic (exact) mass is 611 g/mol. The number of carbonyl (C=O) groups is 3. The fraction of sp³-hybridized carbons (Fsp3) is 0.912. The van der Waals surface area contributed by atoms with Gasteiger partial charge in [0.05, 0.1) is 0 Å². The summed E-state index contributed by atoms with van der Waals surface area (Å²) < 4.78 is 10.6. The second kappa shape index (κ2) is 24.5. The number of hydrogen-bond acceptors (Lipinski definition) is 7. The van der Waals surface area contributed by atoms with Gasteiger partial charge in [0.25, 0.3) is 0 Å². The van der Waals surface area contributed by atoms with Gasteiger partial charge in [-0.3, -0.25) is 15.0 Å². The van der Waals surface area contributed by atoms with Crippen LogP contribution in [0.1, 0.15) is 144 Å². The molecule has 0 aliphatic carbocycles. The van der Waals surface area contributed by atoms with Crippen LogP contribution < -0.4 is 16.0 Å². The minimum absolute atomic E-state index is 0.0239. The SMILES string of the molecule is CCCCCCCCCCCCCCCCCCNC(=O)OCC(C)(C)COC(=O)NC(=O)[C@H]1NCCC1N(CC)CC. The summed E-state index contributed by atoms with van der Waals surface area (Å²) in [5.41, 5.74) is -0.582. The number of nitrogens with one attached hydrogen (secondary N) is 3. The quantitative estimate of drug-likeness (QED) is 0.0929. The standard InChI is InChI=1S/C34H66N4O5/c1-6-9-10-11-12-13-14-15-16-17-18-19-20-21-22-23-25-36-32(40)42-27-34(4,5)28-43-33(41)37-31(39)30-29(24-26-35-30)38(7-2)8-3/h29-30,35H,6-28H2,1-5H3,(H,36,40)(H,37,39,41)/t29?,30-/m0/s1. The Bertz CT molecular complexity index is 744. The predicted molar refractivity (Wildman–Crippen MR) is 175 cm³/mol. The van der Waals surface area contributed by atoms with Gasteiger partial charge in [-0.1, -0.05) is 131 Å². The van der Waals surface area contributed by atoms with Crippen LogP contribution in [0.3, 0.4) is 0 Å². The van der Waals surface area contributed by atoms with E-state index in [4.69, 9.17) is 9.47 Å². The topological polar surface area (TPSA) is 109 Å². The summed E-state index contributed by atoms with van der Waals surface area (Å²) in [6.07, 6.45) is 20.7. The molecule has 0 bridgehead atoms. The third-order valence-electron chi connectivity index (χ3n) is 8.47. The molecule has 1 heterocycles. The fourth-order valence-corrected chi connectivity index (χ4v) is 5.74. The number of carbonyl (C=O) groups excluding carboxylic acids is 3. The van der Waals surface area contributed by atoms with E-state index in [2.05, 4.69) is 41.6 Å². The molecule has 0 saturated carbocycles. The van der Waals surface area contributed by atoms with Crippen LogP contribution >= 0.6 is 0 Å². The first kappa shape index (κ1) is 39.2. The summed E-state index contributed by atoms with van der Waals surface area (Å²) in [6.45, 7) is 13.3. The van der Waals surface area contributed by atoms with Gasteiger partial charge in [0.1, 0.15) is 19.3 Å².